The molecule has 2 rings (SSSR count). The third-order valence-corrected chi connectivity index (χ3v) is 2.80. The van der Waals surface area contributed by atoms with Gasteiger partial charge in [0.15, 0.2) is 0 Å². The van der Waals surface area contributed by atoms with Crippen molar-refractivity contribution >= 4 is 5.69 Å². The molecule has 0 radical (unpaired) electrons. The fourth-order valence-electron chi connectivity index (χ4n) is 1.73. The van der Waals surface area contributed by atoms with E-state index in [0.717, 1.165) is 17.1 Å². The molecule has 2 aromatic rings. The van der Waals surface area contributed by atoms with Gasteiger partial charge in [0, 0.05) is 5.56 Å². The molecule has 1 aromatic heterocycles. The van der Waals surface area contributed by atoms with Crippen molar-refractivity contribution in [2.45, 2.75) is 20.8 Å². The van der Waals surface area contributed by atoms with Gasteiger partial charge in [0.2, 0.25) is 0 Å². The maximum atomic E-state index is 5.77. The van der Waals surface area contributed by atoms with Crippen LogP contribution < -0.4 is 5.73 Å². The Morgan fingerprint density at radius 3 is 2.44 bits per heavy atom. The molecular formula is C14H16N2. The molecule has 16 heavy (non-hydrogen) atoms. The molecule has 1 aromatic carbocycles. The molecular weight excluding hydrogens is 196 g/mol. The number of hydrogen-bond acceptors (Lipinski definition) is 2. The quantitative estimate of drug-likeness (QED) is 0.788. The lowest BCUT2D eigenvalue weighted by molar-refractivity contribution is 1.20. The van der Waals surface area contributed by atoms with Crippen LogP contribution in [0, 0.1) is 20.8 Å². The number of aryl methyl sites for hydroxylation is 3. The monoisotopic (exact) mass is 212 g/mol. The zero-order valence-electron chi connectivity index (χ0n) is 9.91. The van der Waals surface area contributed by atoms with Crippen molar-refractivity contribution in [2.24, 2.45) is 0 Å². The Morgan fingerprint density at radius 1 is 1.00 bits per heavy atom. The molecule has 0 fully saturated rings. The number of aromatic nitrogens is 1. The van der Waals surface area contributed by atoms with Crippen molar-refractivity contribution in [3.05, 3.63) is 47.2 Å². The number of rotatable bonds is 1. The van der Waals surface area contributed by atoms with Gasteiger partial charge in [-0.1, -0.05) is 17.7 Å². The molecule has 0 aliphatic rings. The van der Waals surface area contributed by atoms with Gasteiger partial charge in [0.25, 0.3) is 0 Å². The predicted octanol–water partition coefficient (Wildman–Crippen LogP) is 3.26. The molecule has 0 bridgehead atoms. The number of nitrogen functional groups attached to an aromatic ring is 1. The fourth-order valence-corrected chi connectivity index (χ4v) is 1.73. The van der Waals surface area contributed by atoms with Gasteiger partial charge in [-0.2, -0.15) is 0 Å². The summed E-state index contributed by atoms with van der Waals surface area (Å²) in [5, 5.41) is 0. The summed E-state index contributed by atoms with van der Waals surface area (Å²) >= 11 is 0. The highest BCUT2D eigenvalue weighted by Gasteiger charge is 2.05. The standard InChI is InChI=1S/C14H16N2/c1-9-4-5-10(2)12(8-9)14-7-6-13(15)11(3)16-14/h4-8H,15H2,1-3H3. The first-order valence-electron chi connectivity index (χ1n) is 5.38. The second kappa shape index (κ2) is 3.97. The second-order valence-electron chi connectivity index (χ2n) is 4.19. The minimum atomic E-state index is 0.744. The highest BCUT2D eigenvalue weighted by molar-refractivity contribution is 5.66. The predicted molar refractivity (Wildman–Crippen MR) is 68.3 cm³/mol. The molecule has 1 heterocycles. The van der Waals surface area contributed by atoms with Crippen molar-refractivity contribution in [1.82, 2.24) is 4.98 Å². The van der Waals surface area contributed by atoms with Gasteiger partial charge in [-0.05, 0) is 44.5 Å². The molecule has 0 unspecified atom stereocenters. The molecule has 2 nitrogen and oxygen atoms in total. The zero-order valence-corrected chi connectivity index (χ0v) is 9.91. The van der Waals surface area contributed by atoms with Gasteiger partial charge in [-0.15, -0.1) is 0 Å². The summed E-state index contributed by atoms with van der Waals surface area (Å²) in [6.45, 7) is 6.12. The van der Waals surface area contributed by atoms with Gasteiger partial charge >= 0.3 is 0 Å². The number of nitrogens with zero attached hydrogens (tertiary/aromatic N) is 1. The van der Waals surface area contributed by atoms with E-state index in [9.17, 15) is 0 Å². The summed E-state index contributed by atoms with van der Waals surface area (Å²) in [4.78, 5) is 4.52. The van der Waals surface area contributed by atoms with Crippen LogP contribution in [0.3, 0.4) is 0 Å². The van der Waals surface area contributed by atoms with Crippen molar-refractivity contribution in [2.75, 3.05) is 5.73 Å². The molecule has 0 spiro atoms. The minimum Gasteiger partial charge on any atom is -0.397 e. The number of anilines is 1. The molecule has 0 aliphatic carbocycles. The lowest BCUT2D eigenvalue weighted by Crippen LogP contribution is -1.95. The van der Waals surface area contributed by atoms with Crippen LogP contribution in [0.2, 0.25) is 0 Å². The van der Waals surface area contributed by atoms with Crippen molar-refractivity contribution in [3.8, 4) is 11.3 Å². The third-order valence-electron chi connectivity index (χ3n) is 2.80. The number of pyridine rings is 1. The minimum absolute atomic E-state index is 0.744. The third kappa shape index (κ3) is 1.91. The highest BCUT2D eigenvalue weighted by atomic mass is 14.7. The number of benzene rings is 1. The van der Waals surface area contributed by atoms with E-state index in [2.05, 4.69) is 37.0 Å². The second-order valence-corrected chi connectivity index (χ2v) is 4.19. The van der Waals surface area contributed by atoms with Gasteiger partial charge in [-0.3, -0.25) is 4.98 Å². The van der Waals surface area contributed by atoms with Gasteiger partial charge in [0.1, 0.15) is 0 Å². The molecule has 2 heteroatoms. The number of hydrogen-bond donors (Lipinski definition) is 1. The first kappa shape index (κ1) is 10.7. The fraction of sp³-hybridized carbons (Fsp3) is 0.214. The van der Waals surface area contributed by atoms with Crippen LogP contribution in [0.25, 0.3) is 11.3 Å². The highest BCUT2D eigenvalue weighted by Crippen LogP contribution is 2.24. The molecule has 0 atom stereocenters. The van der Waals surface area contributed by atoms with Crippen molar-refractivity contribution < 1.29 is 0 Å². The molecule has 0 aliphatic heterocycles. The van der Waals surface area contributed by atoms with Crippen LogP contribution in [0.5, 0.6) is 0 Å². The van der Waals surface area contributed by atoms with E-state index in [1.165, 1.54) is 16.7 Å². The van der Waals surface area contributed by atoms with E-state index in [0.29, 0.717) is 0 Å². The normalized spacial score (nSPS) is 10.4. The zero-order chi connectivity index (χ0) is 11.7. The van der Waals surface area contributed by atoms with Crippen LogP contribution in [0.15, 0.2) is 30.3 Å². The summed E-state index contributed by atoms with van der Waals surface area (Å²) in [7, 11) is 0. The van der Waals surface area contributed by atoms with E-state index in [-0.39, 0.29) is 0 Å². The number of nitrogens with two attached hydrogens (primary N) is 1. The largest absolute Gasteiger partial charge is 0.397 e. The van der Waals surface area contributed by atoms with Crippen LogP contribution in [-0.2, 0) is 0 Å². The molecule has 82 valence electrons. The molecule has 2 N–H and O–H groups in total. The summed E-state index contributed by atoms with van der Waals surface area (Å²) in [5.74, 6) is 0. The van der Waals surface area contributed by atoms with Crippen LogP contribution in [-0.4, -0.2) is 4.98 Å². The van der Waals surface area contributed by atoms with E-state index in [1.54, 1.807) is 0 Å². The Kier molecular flexibility index (Phi) is 2.65. The van der Waals surface area contributed by atoms with Crippen LogP contribution in [0.1, 0.15) is 16.8 Å². The average molecular weight is 212 g/mol. The van der Waals surface area contributed by atoms with E-state index >= 15 is 0 Å². The maximum Gasteiger partial charge on any atom is 0.0709 e. The summed E-state index contributed by atoms with van der Waals surface area (Å²) in [5.41, 5.74) is 12.1. The topological polar surface area (TPSA) is 38.9 Å². The van der Waals surface area contributed by atoms with E-state index in [1.807, 2.05) is 19.1 Å². The summed E-state index contributed by atoms with van der Waals surface area (Å²) in [6, 6.07) is 10.3. The Labute approximate surface area is 96.1 Å². The summed E-state index contributed by atoms with van der Waals surface area (Å²) in [6.07, 6.45) is 0. The Morgan fingerprint density at radius 2 is 1.75 bits per heavy atom. The molecule has 0 saturated heterocycles. The Bertz CT molecular complexity index is 530. The first-order chi connectivity index (χ1) is 7.58. The summed E-state index contributed by atoms with van der Waals surface area (Å²) < 4.78 is 0. The smallest absolute Gasteiger partial charge is 0.0709 e. The van der Waals surface area contributed by atoms with Crippen molar-refractivity contribution in [3.63, 3.8) is 0 Å². The average Bonchev–Trinajstić information content (AvgIpc) is 2.26. The van der Waals surface area contributed by atoms with Gasteiger partial charge < -0.3 is 5.73 Å². The molecule has 0 saturated carbocycles. The Hall–Kier alpha value is -1.83. The molecule has 0 amide bonds. The van der Waals surface area contributed by atoms with Gasteiger partial charge in [-0.25, -0.2) is 0 Å². The van der Waals surface area contributed by atoms with Crippen molar-refractivity contribution in [1.29, 1.82) is 0 Å². The lowest BCUT2D eigenvalue weighted by atomic mass is 10.0. The van der Waals surface area contributed by atoms with Crippen LogP contribution in [0.4, 0.5) is 5.69 Å². The first-order valence-corrected chi connectivity index (χ1v) is 5.38. The van der Waals surface area contributed by atoms with E-state index in [4.69, 9.17) is 5.73 Å². The SMILES string of the molecule is Cc1ccc(C)c(-c2ccc(N)c(C)n2)c1. The van der Waals surface area contributed by atoms with E-state index < -0.39 is 0 Å². The lowest BCUT2D eigenvalue weighted by Gasteiger charge is -2.08. The maximum absolute atomic E-state index is 5.77. The van der Waals surface area contributed by atoms with Gasteiger partial charge in [0.05, 0.1) is 17.1 Å². The Balaban J connectivity index is 2.58. The van der Waals surface area contributed by atoms with Crippen LogP contribution >= 0.6 is 0 Å².